The molecule has 1 N–H and O–H groups in total. The molecule has 0 fully saturated rings. The number of nitrogens with zero attached hydrogens (tertiary/aromatic N) is 4. The summed E-state index contributed by atoms with van der Waals surface area (Å²) < 4.78 is 1.12. The molecule has 0 unspecified atom stereocenters. The zero-order valence-corrected chi connectivity index (χ0v) is 18.4. The Bertz CT molecular complexity index is 1180. The molecule has 30 heavy (non-hydrogen) atoms. The topological polar surface area (TPSA) is 53.9 Å². The smallest absolute Gasteiger partial charge is 0.147 e. The number of likely N-dealkylation sites (N-methyl/N-ethyl adjacent to an activating group) is 1. The molecule has 1 aromatic carbocycles. The van der Waals surface area contributed by atoms with Gasteiger partial charge in [-0.25, -0.2) is 15.0 Å². The molecule has 0 radical (unpaired) electrons. The summed E-state index contributed by atoms with van der Waals surface area (Å²) in [6, 6.07) is 10.6. The quantitative estimate of drug-likeness (QED) is 0.451. The van der Waals surface area contributed by atoms with Gasteiger partial charge in [-0.1, -0.05) is 44.2 Å². The molecule has 0 aliphatic heterocycles. The molecule has 154 valence electrons. The van der Waals surface area contributed by atoms with Gasteiger partial charge in [0.05, 0.1) is 15.9 Å². The summed E-state index contributed by atoms with van der Waals surface area (Å²) in [4.78, 5) is 17.9. The third-order valence-electron chi connectivity index (χ3n) is 6.13. The molecule has 4 aromatic rings. The van der Waals surface area contributed by atoms with Gasteiger partial charge >= 0.3 is 0 Å². The van der Waals surface area contributed by atoms with Crippen LogP contribution in [0.5, 0.6) is 0 Å². The number of hydrogen-bond acceptors (Lipinski definition) is 6. The number of nitrogens with one attached hydrogen (secondary N) is 1. The predicted molar refractivity (Wildman–Crippen MR) is 126 cm³/mol. The molecule has 3 heterocycles. The summed E-state index contributed by atoms with van der Waals surface area (Å²) in [7, 11) is 0. The van der Waals surface area contributed by atoms with Gasteiger partial charge < -0.3 is 10.2 Å². The predicted octanol–water partition coefficient (Wildman–Crippen LogP) is 5.15. The second-order valence-corrected chi connectivity index (χ2v) is 8.77. The second kappa shape index (κ2) is 8.28. The van der Waals surface area contributed by atoms with E-state index in [9.17, 15) is 0 Å². The standard InChI is InChI=1S/C24H27N5S/c1-3-29(4-2)14-13-25-23-22-21(26-15-27-23)19-17-11-8-12-18(17)20(28-24(19)30-22)16-9-6-5-7-10-16/h5-7,9-10,15H,3-4,8,11-14H2,1-2H3,(H,25,26,27). The van der Waals surface area contributed by atoms with Crippen LogP contribution in [0.15, 0.2) is 36.7 Å². The molecule has 5 rings (SSSR count). The number of rotatable bonds is 7. The summed E-state index contributed by atoms with van der Waals surface area (Å²) in [5.74, 6) is 0.933. The third-order valence-corrected chi connectivity index (χ3v) is 7.21. The highest BCUT2D eigenvalue weighted by Crippen LogP contribution is 2.43. The first-order valence-electron chi connectivity index (χ1n) is 10.9. The van der Waals surface area contributed by atoms with Crippen LogP contribution in [0, 0.1) is 0 Å². The van der Waals surface area contributed by atoms with Crippen LogP contribution in [0.4, 0.5) is 5.82 Å². The highest BCUT2D eigenvalue weighted by molar-refractivity contribution is 7.26. The van der Waals surface area contributed by atoms with Crippen molar-refractivity contribution in [2.45, 2.75) is 33.1 Å². The lowest BCUT2D eigenvalue weighted by Gasteiger charge is -2.18. The molecule has 3 aromatic heterocycles. The molecule has 6 heteroatoms. The minimum absolute atomic E-state index is 0.878. The van der Waals surface area contributed by atoms with Crippen molar-refractivity contribution in [1.82, 2.24) is 19.9 Å². The maximum atomic E-state index is 5.15. The van der Waals surface area contributed by atoms with Gasteiger partial charge in [-0.2, -0.15) is 0 Å². The Morgan fingerprint density at radius 1 is 1.03 bits per heavy atom. The van der Waals surface area contributed by atoms with Crippen molar-refractivity contribution in [3.05, 3.63) is 47.8 Å². The van der Waals surface area contributed by atoms with E-state index in [0.29, 0.717) is 0 Å². The van der Waals surface area contributed by atoms with E-state index in [2.05, 4.69) is 59.4 Å². The van der Waals surface area contributed by atoms with Gasteiger partial charge in [0, 0.05) is 24.0 Å². The molecule has 1 aliphatic rings. The first-order chi connectivity index (χ1) is 14.8. The van der Waals surface area contributed by atoms with E-state index < -0.39 is 0 Å². The Labute approximate surface area is 181 Å². The van der Waals surface area contributed by atoms with Crippen molar-refractivity contribution in [3.8, 4) is 11.3 Å². The summed E-state index contributed by atoms with van der Waals surface area (Å²) >= 11 is 1.72. The van der Waals surface area contributed by atoms with Crippen LogP contribution in [0.1, 0.15) is 31.4 Å². The van der Waals surface area contributed by atoms with Crippen LogP contribution >= 0.6 is 11.3 Å². The number of hydrogen-bond donors (Lipinski definition) is 1. The fraction of sp³-hybridized carbons (Fsp3) is 0.375. The van der Waals surface area contributed by atoms with E-state index in [4.69, 9.17) is 9.97 Å². The van der Waals surface area contributed by atoms with Gasteiger partial charge in [0.2, 0.25) is 0 Å². The fourth-order valence-corrected chi connectivity index (χ4v) is 5.66. The number of aromatic nitrogens is 3. The molecule has 0 bridgehead atoms. The van der Waals surface area contributed by atoms with Gasteiger partial charge in [0.25, 0.3) is 0 Å². The van der Waals surface area contributed by atoms with Crippen LogP contribution in [0.2, 0.25) is 0 Å². The lowest BCUT2D eigenvalue weighted by atomic mass is 10.0. The van der Waals surface area contributed by atoms with E-state index in [0.717, 1.165) is 65.6 Å². The first-order valence-corrected chi connectivity index (χ1v) is 11.7. The van der Waals surface area contributed by atoms with Crippen molar-refractivity contribution in [2.24, 2.45) is 0 Å². The Balaban J connectivity index is 1.60. The van der Waals surface area contributed by atoms with Crippen LogP contribution in [-0.4, -0.2) is 46.0 Å². The van der Waals surface area contributed by atoms with Gasteiger partial charge in [0.15, 0.2) is 0 Å². The zero-order valence-electron chi connectivity index (χ0n) is 17.6. The highest BCUT2D eigenvalue weighted by Gasteiger charge is 2.24. The number of anilines is 1. The minimum Gasteiger partial charge on any atom is -0.367 e. The van der Waals surface area contributed by atoms with Crippen molar-refractivity contribution >= 4 is 37.6 Å². The molecule has 0 atom stereocenters. The molecular formula is C24H27N5S. The van der Waals surface area contributed by atoms with Crippen molar-refractivity contribution < 1.29 is 0 Å². The van der Waals surface area contributed by atoms with E-state index >= 15 is 0 Å². The molecule has 0 amide bonds. The molecule has 0 saturated carbocycles. The molecule has 0 spiro atoms. The molecule has 5 nitrogen and oxygen atoms in total. The van der Waals surface area contributed by atoms with Gasteiger partial charge in [-0.05, 0) is 43.5 Å². The lowest BCUT2D eigenvalue weighted by Crippen LogP contribution is -2.28. The summed E-state index contributed by atoms with van der Waals surface area (Å²) in [6.07, 6.45) is 5.09. The largest absolute Gasteiger partial charge is 0.367 e. The summed E-state index contributed by atoms with van der Waals surface area (Å²) in [5, 5.41) is 4.80. The monoisotopic (exact) mass is 417 g/mol. The van der Waals surface area contributed by atoms with E-state index in [1.54, 1.807) is 17.7 Å². The van der Waals surface area contributed by atoms with Crippen LogP contribution in [0.25, 0.3) is 31.7 Å². The number of aryl methyl sites for hydroxylation is 1. The Hall–Kier alpha value is -2.57. The van der Waals surface area contributed by atoms with E-state index in [1.165, 1.54) is 28.5 Å². The lowest BCUT2D eigenvalue weighted by molar-refractivity contribution is 0.316. The van der Waals surface area contributed by atoms with Gasteiger partial charge in [0.1, 0.15) is 17.0 Å². The molecule has 0 saturated heterocycles. The summed E-state index contributed by atoms with van der Waals surface area (Å²) in [5.41, 5.74) is 6.26. The Morgan fingerprint density at radius 2 is 1.83 bits per heavy atom. The average Bonchev–Trinajstić information content (AvgIpc) is 3.41. The fourth-order valence-electron chi connectivity index (χ4n) is 4.53. The number of fused-ring (bicyclic) bond motifs is 5. The Morgan fingerprint density at radius 3 is 2.63 bits per heavy atom. The van der Waals surface area contributed by atoms with E-state index in [1.807, 2.05) is 0 Å². The maximum Gasteiger partial charge on any atom is 0.147 e. The third kappa shape index (κ3) is 3.34. The second-order valence-electron chi connectivity index (χ2n) is 7.77. The van der Waals surface area contributed by atoms with Crippen molar-refractivity contribution in [1.29, 1.82) is 0 Å². The van der Waals surface area contributed by atoms with Crippen LogP contribution < -0.4 is 5.32 Å². The van der Waals surface area contributed by atoms with Gasteiger partial charge in [-0.3, -0.25) is 0 Å². The SMILES string of the molecule is CCN(CC)CCNc1ncnc2c1sc1nc(-c3ccccc3)c3c(c12)CCC3. The normalized spacial score (nSPS) is 13.4. The number of pyridine rings is 1. The van der Waals surface area contributed by atoms with Gasteiger partial charge in [-0.15, -0.1) is 11.3 Å². The molecule has 1 aliphatic carbocycles. The average molecular weight is 418 g/mol. The Kier molecular flexibility index (Phi) is 5.35. The highest BCUT2D eigenvalue weighted by atomic mass is 32.1. The number of benzene rings is 1. The zero-order chi connectivity index (χ0) is 20.5. The molecular weight excluding hydrogens is 390 g/mol. The van der Waals surface area contributed by atoms with Crippen LogP contribution in [0.3, 0.4) is 0 Å². The van der Waals surface area contributed by atoms with Crippen molar-refractivity contribution in [3.63, 3.8) is 0 Å². The summed E-state index contributed by atoms with van der Waals surface area (Å²) in [6.45, 7) is 8.43. The first kappa shape index (κ1) is 19.4. The maximum absolute atomic E-state index is 5.15. The van der Waals surface area contributed by atoms with Crippen molar-refractivity contribution in [2.75, 3.05) is 31.5 Å². The number of thiophene rings is 1. The van der Waals surface area contributed by atoms with Crippen LogP contribution in [-0.2, 0) is 12.8 Å². The van der Waals surface area contributed by atoms with E-state index in [-0.39, 0.29) is 0 Å². The minimum atomic E-state index is 0.878.